The van der Waals surface area contributed by atoms with Gasteiger partial charge >= 0.3 is 0 Å². The van der Waals surface area contributed by atoms with Gasteiger partial charge < -0.3 is 10.6 Å². The summed E-state index contributed by atoms with van der Waals surface area (Å²) in [6.45, 7) is 1.21. The molecule has 108 valence electrons. The smallest absolute Gasteiger partial charge is 0.256 e. The number of nitrogens with two attached hydrogens (primary N) is 1. The van der Waals surface area contributed by atoms with Crippen molar-refractivity contribution in [2.45, 2.75) is 18.9 Å². The highest BCUT2D eigenvalue weighted by molar-refractivity contribution is 14.1. The van der Waals surface area contributed by atoms with Crippen LogP contribution in [0.15, 0.2) is 12.1 Å². The minimum Gasteiger partial charge on any atom is -0.338 e. The Hall–Kier alpha value is -0.760. The molecule has 0 radical (unpaired) electrons. The number of halogens is 3. The fourth-order valence-electron chi connectivity index (χ4n) is 3.33. The zero-order valence-corrected chi connectivity index (χ0v) is 12.9. The van der Waals surface area contributed by atoms with Gasteiger partial charge in [-0.15, -0.1) is 0 Å². The number of benzene rings is 1. The molecule has 2 aliphatic rings. The van der Waals surface area contributed by atoms with E-state index in [0.29, 0.717) is 24.9 Å². The number of hydrogen-bond acceptors (Lipinski definition) is 2. The predicted octanol–water partition coefficient (Wildman–Crippen LogP) is 2.38. The molecule has 1 aromatic carbocycles. The Morgan fingerprint density at radius 2 is 2.00 bits per heavy atom. The highest BCUT2D eigenvalue weighted by Crippen LogP contribution is 2.37. The average Bonchev–Trinajstić information content (AvgIpc) is 2.96. The summed E-state index contributed by atoms with van der Waals surface area (Å²) in [7, 11) is 0. The summed E-state index contributed by atoms with van der Waals surface area (Å²) in [5.41, 5.74) is 5.98. The van der Waals surface area contributed by atoms with Gasteiger partial charge in [0.2, 0.25) is 0 Å². The third-order valence-electron chi connectivity index (χ3n) is 4.44. The van der Waals surface area contributed by atoms with Gasteiger partial charge in [0, 0.05) is 28.8 Å². The number of nitrogens with zero attached hydrogens (tertiary/aromatic N) is 1. The third-order valence-corrected chi connectivity index (χ3v) is 5.27. The number of hydrogen-bond donors (Lipinski definition) is 1. The molecule has 0 aromatic heterocycles. The summed E-state index contributed by atoms with van der Waals surface area (Å²) >= 11 is 1.76. The summed E-state index contributed by atoms with van der Waals surface area (Å²) in [6, 6.07) is 2.19. The predicted molar refractivity (Wildman–Crippen MR) is 79.2 cm³/mol. The Kier molecular flexibility index (Phi) is 3.70. The molecule has 1 saturated heterocycles. The average molecular weight is 392 g/mol. The lowest BCUT2D eigenvalue weighted by Crippen LogP contribution is -2.34. The van der Waals surface area contributed by atoms with Crippen LogP contribution in [0.2, 0.25) is 0 Å². The SMILES string of the molecule is NC1CCC2CN(C(=O)c3cc(I)c(F)cc3F)CC12. The van der Waals surface area contributed by atoms with E-state index in [9.17, 15) is 13.6 Å². The molecular weight excluding hydrogens is 377 g/mol. The van der Waals surface area contributed by atoms with E-state index in [1.54, 1.807) is 27.5 Å². The summed E-state index contributed by atoms with van der Waals surface area (Å²) < 4.78 is 27.3. The summed E-state index contributed by atoms with van der Waals surface area (Å²) in [5.74, 6) is -1.05. The van der Waals surface area contributed by atoms with Crippen LogP contribution in [0, 0.1) is 27.0 Å². The maximum atomic E-state index is 13.8. The van der Waals surface area contributed by atoms with Crippen molar-refractivity contribution in [1.82, 2.24) is 4.90 Å². The first kappa shape index (κ1) is 14.2. The fourth-order valence-corrected chi connectivity index (χ4v) is 3.80. The largest absolute Gasteiger partial charge is 0.338 e. The zero-order chi connectivity index (χ0) is 14.4. The van der Waals surface area contributed by atoms with Gasteiger partial charge in [0.15, 0.2) is 0 Å². The first-order valence-electron chi connectivity index (χ1n) is 6.66. The minimum atomic E-state index is -0.797. The topological polar surface area (TPSA) is 46.3 Å². The van der Waals surface area contributed by atoms with Crippen LogP contribution < -0.4 is 5.73 Å². The summed E-state index contributed by atoms with van der Waals surface area (Å²) in [5, 5.41) is 0. The zero-order valence-electron chi connectivity index (χ0n) is 10.8. The molecule has 1 aromatic rings. The molecular formula is C14H15F2IN2O. The van der Waals surface area contributed by atoms with Crippen molar-refractivity contribution in [2.75, 3.05) is 13.1 Å². The van der Waals surface area contributed by atoms with Crippen LogP contribution >= 0.6 is 22.6 Å². The lowest BCUT2D eigenvalue weighted by Gasteiger charge is -2.19. The Bertz CT molecular complexity index is 566. The van der Waals surface area contributed by atoms with Gasteiger partial charge in [0.1, 0.15) is 11.6 Å². The Morgan fingerprint density at radius 1 is 1.25 bits per heavy atom. The molecule has 3 atom stereocenters. The standard InChI is InChI=1S/C14H15F2IN2O/c15-10-4-11(16)12(17)3-8(10)14(20)19-5-7-1-2-13(18)9(7)6-19/h3-4,7,9,13H,1-2,5-6,18H2. The van der Waals surface area contributed by atoms with E-state index in [4.69, 9.17) is 5.73 Å². The lowest BCUT2D eigenvalue weighted by atomic mass is 9.98. The van der Waals surface area contributed by atoms with Gasteiger partial charge in [-0.1, -0.05) is 0 Å². The van der Waals surface area contributed by atoms with Crippen molar-refractivity contribution in [3.05, 3.63) is 32.9 Å². The molecule has 3 unspecified atom stereocenters. The highest BCUT2D eigenvalue weighted by Gasteiger charge is 2.42. The maximum absolute atomic E-state index is 13.8. The van der Waals surface area contributed by atoms with E-state index < -0.39 is 11.6 Å². The Balaban J connectivity index is 1.82. The summed E-state index contributed by atoms with van der Waals surface area (Å²) in [6.07, 6.45) is 2.03. The van der Waals surface area contributed by atoms with E-state index in [0.717, 1.165) is 18.9 Å². The van der Waals surface area contributed by atoms with E-state index in [1.165, 1.54) is 6.07 Å². The van der Waals surface area contributed by atoms with Gasteiger partial charge in [-0.05, 0) is 53.3 Å². The number of carbonyl (C=O) groups excluding carboxylic acids is 1. The molecule has 0 spiro atoms. The second-order valence-electron chi connectivity index (χ2n) is 5.62. The molecule has 20 heavy (non-hydrogen) atoms. The Morgan fingerprint density at radius 3 is 2.70 bits per heavy atom. The van der Waals surface area contributed by atoms with Crippen molar-refractivity contribution in [3.63, 3.8) is 0 Å². The molecule has 0 bridgehead atoms. The number of likely N-dealkylation sites (tertiary alicyclic amines) is 1. The van der Waals surface area contributed by atoms with Crippen LogP contribution in [-0.2, 0) is 0 Å². The molecule has 1 heterocycles. The molecule has 6 heteroatoms. The van der Waals surface area contributed by atoms with Gasteiger partial charge in [0.25, 0.3) is 5.91 Å². The van der Waals surface area contributed by atoms with Gasteiger partial charge in [0.05, 0.1) is 5.56 Å². The molecule has 1 saturated carbocycles. The van der Waals surface area contributed by atoms with Crippen LogP contribution in [0.25, 0.3) is 0 Å². The number of carbonyl (C=O) groups is 1. The van der Waals surface area contributed by atoms with Gasteiger partial charge in [-0.25, -0.2) is 8.78 Å². The number of fused-ring (bicyclic) bond motifs is 1. The molecule has 2 fully saturated rings. The second-order valence-corrected chi connectivity index (χ2v) is 6.78. The lowest BCUT2D eigenvalue weighted by molar-refractivity contribution is 0.0774. The van der Waals surface area contributed by atoms with E-state index in [-0.39, 0.29) is 21.1 Å². The first-order valence-corrected chi connectivity index (χ1v) is 7.74. The van der Waals surface area contributed by atoms with E-state index in [1.807, 2.05) is 0 Å². The maximum Gasteiger partial charge on any atom is 0.256 e. The fraction of sp³-hybridized carbons (Fsp3) is 0.500. The third kappa shape index (κ3) is 2.32. The molecule has 2 N–H and O–H groups in total. The Labute approximate surface area is 129 Å². The van der Waals surface area contributed by atoms with Crippen molar-refractivity contribution >= 4 is 28.5 Å². The number of amides is 1. The normalized spacial score (nSPS) is 28.8. The minimum absolute atomic E-state index is 0.0515. The van der Waals surface area contributed by atoms with Crippen LogP contribution in [0.1, 0.15) is 23.2 Å². The van der Waals surface area contributed by atoms with Gasteiger partial charge in [-0.2, -0.15) is 0 Å². The van der Waals surface area contributed by atoms with Gasteiger partial charge in [-0.3, -0.25) is 4.79 Å². The molecule has 1 aliphatic heterocycles. The second kappa shape index (κ2) is 5.22. The van der Waals surface area contributed by atoms with Crippen LogP contribution in [0.4, 0.5) is 8.78 Å². The number of rotatable bonds is 1. The monoisotopic (exact) mass is 392 g/mol. The molecule has 3 rings (SSSR count). The van der Waals surface area contributed by atoms with E-state index >= 15 is 0 Å². The van der Waals surface area contributed by atoms with Crippen LogP contribution in [0.3, 0.4) is 0 Å². The van der Waals surface area contributed by atoms with Crippen LogP contribution in [-0.4, -0.2) is 29.9 Å². The van der Waals surface area contributed by atoms with Crippen molar-refractivity contribution in [1.29, 1.82) is 0 Å². The highest BCUT2D eigenvalue weighted by atomic mass is 127. The van der Waals surface area contributed by atoms with Crippen LogP contribution in [0.5, 0.6) is 0 Å². The summed E-state index contributed by atoms with van der Waals surface area (Å²) in [4.78, 5) is 14.0. The first-order chi connectivity index (χ1) is 9.47. The quantitative estimate of drug-likeness (QED) is 0.590. The van der Waals surface area contributed by atoms with E-state index in [2.05, 4.69) is 0 Å². The van der Waals surface area contributed by atoms with Crippen molar-refractivity contribution in [2.24, 2.45) is 17.6 Å². The molecule has 1 amide bonds. The van der Waals surface area contributed by atoms with Crippen molar-refractivity contribution in [3.8, 4) is 0 Å². The molecule has 1 aliphatic carbocycles. The van der Waals surface area contributed by atoms with Crippen molar-refractivity contribution < 1.29 is 13.6 Å². The molecule has 3 nitrogen and oxygen atoms in total.